The van der Waals surface area contributed by atoms with Crippen LogP contribution >= 0.6 is 0 Å². The van der Waals surface area contributed by atoms with Crippen molar-refractivity contribution in [2.45, 2.75) is 0 Å². The molecule has 12 rings (SSSR count). The molecule has 0 N–H and O–H groups in total. The van der Waals surface area contributed by atoms with E-state index in [9.17, 15) is 0 Å². The highest BCUT2D eigenvalue weighted by molar-refractivity contribution is 6.27. The van der Waals surface area contributed by atoms with Crippen LogP contribution in [0.2, 0.25) is 0 Å². The Morgan fingerprint density at radius 1 is 0.333 bits per heavy atom. The first-order chi connectivity index (χ1) is 28.2. The van der Waals surface area contributed by atoms with E-state index in [2.05, 4.69) is 42.5 Å². The third kappa shape index (κ3) is 5.04. The van der Waals surface area contributed by atoms with Gasteiger partial charge >= 0.3 is 0 Å². The average molecular weight is 734 g/mol. The Balaban J connectivity index is 1.13. The van der Waals surface area contributed by atoms with Crippen LogP contribution in [0.1, 0.15) is 0 Å². The number of hydrogen-bond donors (Lipinski definition) is 0. The number of hydrogen-bond acceptors (Lipinski definition) is 8. The zero-order valence-electron chi connectivity index (χ0n) is 30.0. The Morgan fingerprint density at radius 2 is 1.00 bits per heavy atom. The number of nitrogens with zero attached hydrogens (tertiary/aromatic N) is 5. The molecule has 0 aliphatic carbocycles. The Labute approximate surface area is 323 Å². The van der Waals surface area contributed by atoms with Gasteiger partial charge in [0.05, 0.1) is 10.9 Å². The van der Waals surface area contributed by atoms with Crippen LogP contribution in [0.5, 0.6) is 0 Å². The average Bonchev–Trinajstić information content (AvgIpc) is 4.02. The molecule has 0 saturated carbocycles. The summed E-state index contributed by atoms with van der Waals surface area (Å²) in [4.78, 5) is 25.3. The number of fused-ring (bicyclic) bond motifs is 9. The van der Waals surface area contributed by atoms with Crippen LogP contribution in [0.25, 0.3) is 123 Å². The van der Waals surface area contributed by atoms with Crippen molar-refractivity contribution in [2.24, 2.45) is 0 Å². The molecule has 0 atom stereocenters. The predicted octanol–water partition coefficient (Wildman–Crippen LogP) is 12.7. The second-order valence-corrected chi connectivity index (χ2v) is 14.0. The van der Waals surface area contributed by atoms with Crippen LogP contribution in [0.3, 0.4) is 0 Å². The van der Waals surface area contributed by atoms with Crippen LogP contribution in [0.4, 0.5) is 0 Å². The summed E-state index contributed by atoms with van der Waals surface area (Å²) < 4.78 is 19.6. The van der Waals surface area contributed by atoms with Crippen molar-refractivity contribution in [1.82, 2.24) is 24.9 Å². The van der Waals surface area contributed by atoms with Crippen molar-refractivity contribution in [3.8, 4) is 57.1 Å². The monoisotopic (exact) mass is 733 g/mol. The molecule has 4 heterocycles. The number of benzene rings is 8. The maximum atomic E-state index is 6.83. The molecule has 0 aliphatic heterocycles. The zero-order valence-corrected chi connectivity index (χ0v) is 30.0. The Bertz CT molecular complexity index is 3510. The summed E-state index contributed by atoms with van der Waals surface area (Å²) >= 11 is 0. The third-order valence-electron chi connectivity index (χ3n) is 10.6. The van der Waals surface area contributed by atoms with E-state index in [4.69, 9.17) is 38.2 Å². The summed E-state index contributed by atoms with van der Waals surface area (Å²) in [5, 5.41) is 5.92. The minimum Gasteiger partial charge on any atom is -0.455 e. The number of rotatable bonds is 5. The highest BCUT2D eigenvalue weighted by atomic mass is 16.4. The van der Waals surface area contributed by atoms with Crippen molar-refractivity contribution in [1.29, 1.82) is 0 Å². The molecule has 0 fully saturated rings. The van der Waals surface area contributed by atoms with Crippen molar-refractivity contribution in [3.63, 3.8) is 0 Å². The van der Waals surface area contributed by atoms with E-state index in [-0.39, 0.29) is 0 Å². The Hall–Kier alpha value is -7.97. The van der Waals surface area contributed by atoms with Gasteiger partial charge in [0.1, 0.15) is 22.2 Å². The van der Waals surface area contributed by atoms with Gasteiger partial charge in [0.25, 0.3) is 0 Å². The number of furan rings is 1. The van der Waals surface area contributed by atoms with Crippen LogP contribution < -0.4 is 0 Å². The van der Waals surface area contributed by atoms with Crippen LogP contribution in [0, 0.1) is 0 Å². The van der Waals surface area contributed by atoms with Crippen molar-refractivity contribution < 1.29 is 13.3 Å². The highest BCUT2D eigenvalue weighted by Gasteiger charge is 2.24. The normalized spacial score (nSPS) is 11.9. The van der Waals surface area contributed by atoms with Gasteiger partial charge in [-0.25, -0.2) is 24.9 Å². The lowest BCUT2D eigenvalue weighted by Crippen LogP contribution is -2.01. The molecule has 8 nitrogen and oxygen atoms in total. The van der Waals surface area contributed by atoms with Gasteiger partial charge in [-0.3, -0.25) is 0 Å². The summed E-state index contributed by atoms with van der Waals surface area (Å²) in [6.45, 7) is 0. The molecule has 4 aromatic heterocycles. The van der Waals surface area contributed by atoms with Gasteiger partial charge in [-0.15, -0.1) is 0 Å². The lowest BCUT2D eigenvalue weighted by atomic mass is 9.99. The van der Waals surface area contributed by atoms with Crippen LogP contribution in [-0.2, 0) is 0 Å². The molecule has 57 heavy (non-hydrogen) atoms. The van der Waals surface area contributed by atoms with Gasteiger partial charge in [0.15, 0.2) is 28.6 Å². The number of oxazole rings is 2. The minimum absolute atomic E-state index is 0.476. The smallest absolute Gasteiger partial charge is 0.227 e. The molecule has 8 aromatic carbocycles. The molecule has 0 saturated heterocycles. The fourth-order valence-corrected chi connectivity index (χ4v) is 7.91. The van der Waals surface area contributed by atoms with E-state index in [1.54, 1.807) is 0 Å². The summed E-state index contributed by atoms with van der Waals surface area (Å²) in [5.41, 5.74) is 8.39. The molecule has 0 aliphatic rings. The first-order valence-electron chi connectivity index (χ1n) is 18.7. The predicted molar refractivity (Wildman–Crippen MR) is 224 cm³/mol. The first-order valence-corrected chi connectivity index (χ1v) is 18.7. The molecule has 12 aromatic rings. The maximum absolute atomic E-state index is 6.83. The molecule has 0 bridgehead atoms. The standard InChI is InChI=1S/C49H27N5O3/c1-2-13-29(14-3-1)48-51-38-24-25-40-42(44(38)57-48)41-34-20-7-5-15-30(34)27-36(43(41)55-40)47-53-45(52-46(54-47)35-21-11-16-28-12-4-6-19-33(28)35)31-17-10-18-32(26-31)49-50-37-22-8-9-23-39(37)56-49/h1-27H. The summed E-state index contributed by atoms with van der Waals surface area (Å²) in [5.74, 6) is 2.60. The summed E-state index contributed by atoms with van der Waals surface area (Å²) in [6, 6.07) is 54.4. The quantitative estimate of drug-likeness (QED) is 0.172. The lowest BCUT2D eigenvalue weighted by molar-refractivity contribution is 0.620. The van der Waals surface area contributed by atoms with E-state index >= 15 is 0 Å². The second-order valence-electron chi connectivity index (χ2n) is 14.0. The molecule has 0 amide bonds. The van der Waals surface area contributed by atoms with E-state index in [0.29, 0.717) is 46.0 Å². The largest absolute Gasteiger partial charge is 0.455 e. The molecule has 0 spiro atoms. The molecule has 8 heteroatoms. The lowest BCUT2D eigenvalue weighted by Gasteiger charge is -2.12. The van der Waals surface area contributed by atoms with E-state index in [1.807, 2.05) is 121 Å². The molecular weight excluding hydrogens is 707 g/mol. The number of aromatic nitrogens is 5. The topological polar surface area (TPSA) is 104 Å². The van der Waals surface area contributed by atoms with E-state index in [0.717, 1.165) is 76.8 Å². The Morgan fingerprint density at radius 3 is 1.89 bits per heavy atom. The van der Waals surface area contributed by atoms with E-state index < -0.39 is 0 Å². The third-order valence-corrected chi connectivity index (χ3v) is 10.6. The van der Waals surface area contributed by atoms with Crippen LogP contribution in [-0.4, -0.2) is 24.9 Å². The Kier molecular flexibility index (Phi) is 6.76. The molecule has 0 radical (unpaired) electrons. The second kappa shape index (κ2) is 12.3. The molecular formula is C49H27N5O3. The first kappa shape index (κ1) is 31.4. The zero-order chi connectivity index (χ0) is 37.5. The van der Waals surface area contributed by atoms with Gasteiger partial charge in [-0.2, -0.15) is 0 Å². The summed E-state index contributed by atoms with van der Waals surface area (Å²) in [7, 11) is 0. The number of para-hydroxylation sites is 2. The maximum Gasteiger partial charge on any atom is 0.227 e. The minimum atomic E-state index is 0.476. The van der Waals surface area contributed by atoms with E-state index in [1.165, 1.54) is 0 Å². The summed E-state index contributed by atoms with van der Waals surface area (Å²) in [6.07, 6.45) is 0. The van der Waals surface area contributed by atoms with Gasteiger partial charge in [-0.05, 0) is 76.1 Å². The van der Waals surface area contributed by atoms with Gasteiger partial charge in [-0.1, -0.05) is 109 Å². The van der Waals surface area contributed by atoms with Crippen molar-refractivity contribution in [2.75, 3.05) is 0 Å². The fraction of sp³-hybridized carbons (Fsp3) is 0. The fourth-order valence-electron chi connectivity index (χ4n) is 7.91. The van der Waals surface area contributed by atoms with Gasteiger partial charge in [0.2, 0.25) is 11.8 Å². The van der Waals surface area contributed by atoms with Crippen molar-refractivity contribution >= 4 is 65.7 Å². The molecule has 0 unspecified atom stereocenters. The van der Waals surface area contributed by atoms with Gasteiger partial charge in [0, 0.05) is 27.6 Å². The van der Waals surface area contributed by atoms with Crippen molar-refractivity contribution in [3.05, 3.63) is 164 Å². The van der Waals surface area contributed by atoms with Gasteiger partial charge < -0.3 is 13.3 Å². The highest BCUT2D eigenvalue weighted by Crippen LogP contribution is 2.44. The SMILES string of the molecule is c1ccc(-c2nc3ccc4oc5c(-c6nc(-c7cccc(-c8nc9ccccc9o8)c7)nc(-c7cccc8ccccc78)n6)cc6ccccc6c5c4c3o2)cc1. The molecule has 266 valence electrons. The van der Waals surface area contributed by atoms with Crippen LogP contribution in [0.15, 0.2) is 177 Å².